The maximum Gasteiger partial charge on any atom is 0.122 e. The molecule has 16 heavy (non-hydrogen) atoms. The van der Waals surface area contributed by atoms with Crippen molar-refractivity contribution in [2.24, 2.45) is 0 Å². The van der Waals surface area contributed by atoms with Crippen molar-refractivity contribution in [3.63, 3.8) is 0 Å². The topological polar surface area (TPSA) is 25.0 Å². The van der Waals surface area contributed by atoms with E-state index in [0.717, 1.165) is 11.3 Å². The van der Waals surface area contributed by atoms with Crippen molar-refractivity contribution >= 4 is 22.2 Å². The van der Waals surface area contributed by atoms with Gasteiger partial charge in [-0.05, 0) is 35.7 Å². The first-order valence-corrected chi connectivity index (χ1v) is 6.02. The Balaban J connectivity index is 1.78. The number of benzene rings is 1. The van der Waals surface area contributed by atoms with Crippen LogP contribution < -0.4 is 4.74 Å². The second-order valence-corrected chi connectivity index (χ2v) is 4.63. The summed E-state index contributed by atoms with van der Waals surface area (Å²) in [4.78, 5) is 4.41. The molecule has 0 saturated heterocycles. The molecule has 0 aliphatic heterocycles. The Labute approximate surface area is 97.5 Å². The number of hydrogen-bond donors (Lipinski definition) is 1. The van der Waals surface area contributed by atoms with Gasteiger partial charge in [-0.3, -0.25) is 0 Å². The summed E-state index contributed by atoms with van der Waals surface area (Å²) >= 11 is 1.72. The van der Waals surface area contributed by atoms with Crippen LogP contribution in [0.1, 0.15) is 4.88 Å². The lowest BCUT2D eigenvalue weighted by molar-refractivity contribution is 0.310. The minimum atomic E-state index is 0.646. The first-order valence-electron chi connectivity index (χ1n) is 5.14. The summed E-state index contributed by atoms with van der Waals surface area (Å²) in [5.74, 6) is 0.917. The van der Waals surface area contributed by atoms with Crippen LogP contribution in [0.4, 0.5) is 0 Å². The fraction of sp³-hybridized carbons (Fsp3) is 0.0769. The molecule has 0 aliphatic rings. The van der Waals surface area contributed by atoms with Crippen molar-refractivity contribution in [1.82, 2.24) is 4.98 Å². The van der Waals surface area contributed by atoms with Gasteiger partial charge in [-0.15, -0.1) is 11.3 Å². The normalized spacial score (nSPS) is 10.8. The van der Waals surface area contributed by atoms with E-state index in [0.29, 0.717) is 6.61 Å². The Kier molecular flexibility index (Phi) is 2.38. The van der Waals surface area contributed by atoms with Gasteiger partial charge in [0.05, 0.1) is 0 Å². The van der Waals surface area contributed by atoms with Crippen LogP contribution in [0.25, 0.3) is 10.9 Å². The van der Waals surface area contributed by atoms with Crippen molar-refractivity contribution in [2.75, 3.05) is 0 Å². The van der Waals surface area contributed by atoms with E-state index in [1.165, 1.54) is 10.3 Å². The Bertz CT molecular complexity index is 583. The van der Waals surface area contributed by atoms with Crippen molar-refractivity contribution in [2.45, 2.75) is 6.61 Å². The Morgan fingerprint density at radius 2 is 2.19 bits per heavy atom. The summed E-state index contributed by atoms with van der Waals surface area (Å²) in [6.07, 6.45) is 1.94. The number of aromatic nitrogens is 1. The predicted octanol–water partition coefficient (Wildman–Crippen LogP) is 3.81. The molecule has 0 bridgehead atoms. The molecule has 0 atom stereocenters. The highest BCUT2D eigenvalue weighted by Gasteiger charge is 1.99. The lowest BCUT2D eigenvalue weighted by Gasteiger charge is -2.04. The van der Waals surface area contributed by atoms with Crippen LogP contribution in [0.15, 0.2) is 48.0 Å². The van der Waals surface area contributed by atoms with Gasteiger partial charge in [-0.1, -0.05) is 6.07 Å². The second kappa shape index (κ2) is 4.02. The predicted molar refractivity (Wildman–Crippen MR) is 66.9 cm³/mol. The number of aromatic amines is 1. The molecule has 0 radical (unpaired) electrons. The Hall–Kier alpha value is -1.74. The molecule has 0 spiro atoms. The van der Waals surface area contributed by atoms with Crippen LogP contribution in [-0.4, -0.2) is 4.98 Å². The van der Waals surface area contributed by atoms with E-state index in [-0.39, 0.29) is 0 Å². The quantitative estimate of drug-likeness (QED) is 0.725. The summed E-state index contributed by atoms with van der Waals surface area (Å²) in [6, 6.07) is 12.3. The van der Waals surface area contributed by atoms with E-state index in [1.54, 1.807) is 11.3 Å². The molecule has 2 nitrogen and oxygen atoms in total. The lowest BCUT2D eigenvalue weighted by atomic mass is 10.2. The highest BCUT2D eigenvalue weighted by atomic mass is 32.1. The minimum absolute atomic E-state index is 0.646. The zero-order valence-corrected chi connectivity index (χ0v) is 9.46. The van der Waals surface area contributed by atoms with Crippen LogP contribution in [0, 0.1) is 0 Å². The molecular weight excluding hydrogens is 218 g/mol. The van der Waals surface area contributed by atoms with Gasteiger partial charge in [0.15, 0.2) is 0 Å². The van der Waals surface area contributed by atoms with Gasteiger partial charge in [0, 0.05) is 22.0 Å². The average Bonchev–Trinajstić information content (AvgIpc) is 2.97. The highest BCUT2D eigenvalue weighted by Crippen LogP contribution is 2.21. The van der Waals surface area contributed by atoms with Gasteiger partial charge in [0.2, 0.25) is 0 Å². The fourth-order valence-corrected chi connectivity index (χ4v) is 2.29. The number of hydrogen-bond acceptors (Lipinski definition) is 2. The number of H-pyrrole nitrogens is 1. The summed E-state index contributed by atoms with van der Waals surface area (Å²) in [5, 5.41) is 3.25. The maximum atomic E-state index is 5.72. The standard InChI is InChI=1S/C13H11NOS/c1-2-12(16-7-1)9-15-11-3-4-13-10(8-11)5-6-14-13/h1-8,14H,9H2. The molecule has 3 heteroatoms. The third-order valence-corrected chi connectivity index (χ3v) is 3.34. The smallest absolute Gasteiger partial charge is 0.122 e. The number of ether oxygens (including phenoxy) is 1. The van der Waals surface area contributed by atoms with E-state index in [2.05, 4.69) is 22.5 Å². The first kappa shape index (κ1) is 9.48. The van der Waals surface area contributed by atoms with Crippen molar-refractivity contribution in [3.8, 4) is 5.75 Å². The lowest BCUT2D eigenvalue weighted by Crippen LogP contribution is -1.92. The first-order chi connectivity index (χ1) is 7.92. The van der Waals surface area contributed by atoms with E-state index >= 15 is 0 Å². The monoisotopic (exact) mass is 229 g/mol. The van der Waals surface area contributed by atoms with Crippen LogP contribution in [0.5, 0.6) is 5.75 Å². The van der Waals surface area contributed by atoms with Gasteiger partial charge < -0.3 is 9.72 Å². The molecule has 3 rings (SSSR count). The molecule has 1 N–H and O–H groups in total. The van der Waals surface area contributed by atoms with Crippen LogP contribution >= 0.6 is 11.3 Å². The van der Waals surface area contributed by atoms with Crippen LogP contribution in [-0.2, 0) is 6.61 Å². The third kappa shape index (κ3) is 1.82. The Morgan fingerprint density at radius 3 is 3.06 bits per heavy atom. The number of fused-ring (bicyclic) bond motifs is 1. The summed E-state index contributed by atoms with van der Waals surface area (Å²) in [7, 11) is 0. The molecular formula is C13H11NOS. The minimum Gasteiger partial charge on any atom is -0.488 e. The molecule has 0 fully saturated rings. The number of nitrogens with one attached hydrogen (secondary N) is 1. The van der Waals surface area contributed by atoms with E-state index < -0.39 is 0 Å². The van der Waals surface area contributed by atoms with Gasteiger partial charge in [0.25, 0.3) is 0 Å². The zero-order chi connectivity index (χ0) is 10.8. The van der Waals surface area contributed by atoms with E-state index in [1.807, 2.05) is 30.5 Å². The molecule has 2 aromatic heterocycles. The summed E-state index contributed by atoms with van der Waals surface area (Å²) in [5.41, 5.74) is 1.14. The largest absolute Gasteiger partial charge is 0.488 e. The molecule has 0 amide bonds. The highest BCUT2D eigenvalue weighted by molar-refractivity contribution is 7.09. The maximum absolute atomic E-state index is 5.72. The number of rotatable bonds is 3. The van der Waals surface area contributed by atoms with Gasteiger partial charge in [-0.25, -0.2) is 0 Å². The Morgan fingerprint density at radius 1 is 1.19 bits per heavy atom. The molecule has 0 aliphatic carbocycles. The summed E-state index contributed by atoms with van der Waals surface area (Å²) < 4.78 is 5.72. The average molecular weight is 229 g/mol. The van der Waals surface area contributed by atoms with E-state index in [4.69, 9.17) is 4.74 Å². The molecule has 3 aromatic rings. The molecule has 0 unspecified atom stereocenters. The van der Waals surface area contributed by atoms with Gasteiger partial charge in [-0.2, -0.15) is 0 Å². The second-order valence-electron chi connectivity index (χ2n) is 3.59. The van der Waals surface area contributed by atoms with Gasteiger partial charge >= 0.3 is 0 Å². The summed E-state index contributed by atoms with van der Waals surface area (Å²) in [6.45, 7) is 0.646. The SMILES string of the molecule is c1csc(COc2ccc3[nH]ccc3c2)c1. The zero-order valence-electron chi connectivity index (χ0n) is 8.64. The molecule has 80 valence electrons. The van der Waals surface area contributed by atoms with Crippen LogP contribution in [0.2, 0.25) is 0 Å². The van der Waals surface area contributed by atoms with Crippen molar-refractivity contribution in [3.05, 3.63) is 52.9 Å². The molecule has 2 heterocycles. The molecule has 0 saturated carbocycles. The van der Waals surface area contributed by atoms with Crippen molar-refractivity contribution in [1.29, 1.82) is 0 Å². The fourth-order valence-electron chi connectivity index (χ4n) is 1.67. The van der Waals surface area contributed by atoms with E-state index in [9.17, 15) is 0 Å². The van der Waals surface area contributed by atoms with Crippen molar-refractivity contribution < 1.29 is 4.74 Å². The van der Waals surface area contributed by atoms with Gasteiger partial charge in [0.1, 0.15) is 12.4 Å². The third-order valence-electron chi connectivity index (χ3n) is 2.49. The molecule has 1 aromatic carbocycles. The van der Waals surface area contributed by atoms with Crippen LogP contribution in [0.3, 0.4) is 0 Å². The number of thiophene rings is 1.